The predicted octanol–water partition coefficient (Wildman–Crippen LogP) is 4.03. The van der Waals surface area contributed by atoms with E-state index in [0.717, 1.165) is 38.4 Å². The van der Waals surface area contributed by atoms with Gasteiger partial charge in [0.25, 0.3) is 0 Å². The van der Waals surface area contributed by atoms with Crippen LogP contribution in [0.4, 0.5) is 0 Å². The van der Waals surface area contributed by atoms with Crippen LogP contribution in [0.25, 0.3) is 0 Å². The van der Waals surface area contributed by atoms with E-state index in [9.17, 15) is 0 Å². The molecule has 0 radical (unpaired) electrons. The highest BCUT2D eigenvalue weighted by Crippen LogP contribution is 2.19. The molecule has 0 aliphatic carbocycles. The Kier molecular flexibility index (Phi) is 11.9. The molecular weight excluding hydrogens is 407 g/mol. The fourth-order valence-electron chi connectivity index (χ4n) is 1.79. The molecule has 1 rings (SSSR count). The minimum absolute atomic E-state index is 0. The Bertz CT molecular complexity index is 430. The SMILES string of the molecule is CCNC(=NCCC(C)C)NCCc1csc(C(C)C)n1.I. The summed E-state index contributed by atoms with van der Waals surface area (Å²) in [5.74, 6) is 2.13. The average Bonchev–Trinajstić information content (AvgIpc) is 2.87. The van der Waals surface area contributed by atoms with Gasteiger partial charge in [-0.25, -0.2) is 4.98 Å². The lowest BCUT2D eigenvalue weighted by atomic mass is 10.1. The molecule has 0 aliphatic rings. The van der Waals surface area contributed by atoms with Gasteiger partial charge in [-0.05, 0) is 19.3 Å². The van der Waals surface area contributed by atoms with E-state index in [2.05, 4.69) is 60.6 Å². The molecule has 0 aliphatic heterocycles. The summed E-state index contributed by atoms with van der Waals surface area (Å²) in [4.78, 5) is 9.25. The van der Waals surface area contributed by atoms with E-state index < -0.39 is 0 Å². The first-order chi connectivity index (χ1) is 10.0. The molecule has 0 unspecified atom stereocenters. The summed E-state index contributed by atoms with van der Waals surface area (Å²) < 4.78 is 0. The maximum Gasteiger partial charge on any atom is 0.191 e. The fourth-order valence-corrected chi connectivity index (χ4v) is 2.66. The lowest BCUT2D eigenvalue weighted by molar-refractivity contribution is 0.594. The van der Waals surface area contributed by atoms with Crippen LogP contribution >= 0.6 is 35.3 Å². The summed E-state index contributed by atoms with van der Waals surface area (Å²) in [7, 11) is 0. The van der Waals surface area contributed by atoms with Crippen LogP contribution in [0.3, 0.4) is 0 Å². The molecule has 0 atom stereocenters. The summed E-state index contributed by atoms with van der Waals surface area (Å²) >= 11 is 1.76. The zero-order valence-corrected chi connectivity index (χ0v) is 17.6. The van der Waals surface area contributed by atoms with Crippen LogP contribution < -0.4 is 10.6 Å². The zero-order chi connectivity index (χ0) is 15.7. The fraction of sp³-hybridized carbons (Fsp3) is 0.750. The van der Waals surface area contributed by atoms with Crippen molar-refractivity contribution in [2.45, 2.75) is 53.4 Å². The molecule has 0 bridgehead atoms. The number of hydrogen-bond donors (Lipinski definition) is 2. The molecule has 6 heteroatoms. The van der Waals surface area contributed by atoms with Gasteiger partial charge in [0.05, 0.1) is 10.7 Å². The van der Waals surface area contributed by atoms with Crippen LogP contribution in [-0.2, 0) is 6.42 Å². The summed E-state index contributed by atoms with van der Waals surface area (Å²) in [6.45, 7) is 13.6. The number of halogens is 1. The number of hydrogen-bond acceptors (Lipinski definition) is 3. The third-order valence-corrected chi connectivity index (χ3v) is 4.25. The molecule has 0 spiro atoms. The van der Waals surface area contributed by atoms with Crippen LogP contribution in [0.2, 0.25) is 0 Å². The van der Waals surface area contributed by atoms with Gasteiger partial charge in [-0.3, -0.25) is 4.99 Å². The van der Waals surface area contributed by atoms with Crippen molar-refractivity contribution in [1.29, 1.82) is 0 Å². The second-order valence-electron chi connectivity index (χ2n) is 5.95. The van der Waals surface area contributed by atoms with Crippen LogP contribution in [-0.4, -0.2) is 30.6 Å². The molecule has 0 amide bonds. The monoisotopic (exact) mass is 438 g/mol. The molecule has 1 aromatic rings. The number of nitrogens with zero attached hydrogens (tertiary/aromatic N) is 2. The van der Waals surface area contributed by atoms with Crippen molar-refractivity contribution >= 4 is 41.3 Å². The molecule has 128 valence electrons. The molecule has 0 aromatic carbocycles. The molecule has 0 fully saturated rings. The van der Waals surface area contributed by atoms with Gasteiger partial charge in [-0.1, -0.05) is 27.7 Å². The third-order valence-electron chi connectivity index (χ3n) is 3.06. The van der Waals surface area contributed by atoms with Gasteiger partial charge in [0, 0.05) is 37.4 Å². The largest absolute Gasteiger partial charge is 0.357 e. The summed E-state index contributed by atoms with van der Waals surface area (Å²) in [6.07, 6.45) is 2.07. The van der Waals surface area contributed by atoms with Gasteiger partial charge < -0.3 is 10.6 Å². The molecule has 1 heterocycles. The van der Waals surface area contributed by atoms with Crippen molar-refractivity contribution in [3.8, 4) is 0 Å². The lowest BCUT2D eigenvalue weighted by Gasteiger charge is -2.11. The maximum atomic E-state index is 4.66. The molecule has 1 aromatic heterocycles. The standard InChI is InChI=1S/C16H30N4S.HI/c1-6-17-16(18-9-7-12(2)3)19-10-8-14-11-21-15(20-14)13(4)5;/h11-13H,6-10H2,1-5H3,(H2,17,18,19);1H. The lowest BCUT2D eigenvalue weighted by Crippen LogP contribution is -2.38. The minimum Gasteiger partial charge on any atom is -0.357 e. The number of thiazole rings is 1. The Morgan fingerprint density at radius 1 is 1.27 bits per heavy atom. The highest BCUT2D eigenvalue weighted by atomic mass is 127. The first-order valence-electron chi connectivity index (χ1n) is 7.99. The smallest absolute Gasteiger partial charge is 0.191 e. The van der Waals surface area contributed by atoms with Gasteiger partial charge in [-0.15, -0.1) is 35.3 Å². The van der Waals surface area contributed by atoms with Gasteiger partial charge in [0.15, 0.2) is 5.96 Å². The number of rotatable bonds is 8. The quantitative estimate of drug-likeness (QED) is 0.366. The molecule has 4 nitrogen and oxygen atoms in total. The topological polar surface area (TPSA) is 49.3 Å². The second-order valence-corrected chi connectivity index (χ2v) is 6.84. The maximum absolute atomic E-state index is 4.66. The van der Waals surface area contributed by atoms with E-state index in [1.54, 1.807) is 11.3 Å². The van der Waals surface area contributed by atoms with E-state index in [1.807, 2.05) is 0 Å². The van der Waals surface area contributed by atoms with E-state index in [4.69, 9.17) is 0 Å². The number of aliphatic imine (C=N–C) groups is 1. The minimum atomic E-state index is 0. The van der Waals surface area contributed by atoms with Gasteiger partial charge in [0.2, 0.25) is 0 Å². The zero-order valence-electron chi connectivity index (χ0n) is 14.5. The number of aromatic nitrogens is 1. The summed E-state index contributed by atoms with van der Waals surface area (Å²) in [5.41, 5.74) is 1.18. The third kappa shape index (κ3) is 8.92. The molecule has 0 saturated carbocycles. The number of guanidine groups is 1. The Morgan fingerprint density at radius 3 is 2.55 bits per heavy atom. The van der Waals surface area contributed by atoms with Crippen molar-refractivity contribution in [2.24, 2.45) is 10.9 Å². The first kappa shape index (κ1) is 21.6. The van der Waals surface area contributed by atoms with Crippen LogP contribution in [0.1, 0.15) is 57.7 Å². The van der Waals surface area contributed by atoms with Crippen LogP contribution in [0.5, 0.6) is 0 Å². The Labute approximate surface area is 156 Å². The second kappa shape index (κ2) is 12.1. The van der Waals surface area contributed by atoms with Gasteiger partial charge in [0.1, 0.15) is 0 Å². The molecule has 22 heavy (non-hydrogen) atoms. The van der Waals surface area contributed by atoms with Gasteiger partial charge >= 0.3 is 0 Å². The molecule has 2 N–H and O–H groups in total. The highest BCUT2D eigenvalue weighted by molar-refractivity contribution is 14.0. The van der Waals surface area contributed by atoms with E-state index in [1.165, 1.54) is 10.7 Å². The van der Waals surface area contributed by atoms with Crippen molar-refractivity contribution in [2.75, 3.05) is 19.6 Å². The Morgan fingerprint density at radius 2 is 2.00 bits per heavy atom. The number of nitrogens with one attached hydrogen (secondary N) is 2. The van der Waals surface area contributed by atoms with E-state index in [-0.39, 0.29) is 24.0 Å². The van der Waals surface area contributed by atoms with Gasteiger partial charge in [-0.2, -0.15) is 0 Å². The van der Waals surface area contributed by atoms with Crippen molar-refractivity contribution in [3.63, 3.8) is 0 Å². The summed E-state index contributed by atoms with van der Waals surface area (Å²) in [6, 6.07) is 0. The van der Waals surface area contributed by atoms with Crippen molar-refractivity contribution in [3.05, 3.63) is 16.1 Å². The van der Waals surface area contributed by atoms with E-state index in [0.29, 0.717) is 11.8 Å². The Hall–Kier alpha value is -0.370. The highest BCUT2D eigenvalue weighted by Gasteiger charge is 2.06. The first-order valence-corrected chi connectivity index (χ1v) is 8.87. The molecule has 0 saturated heterocycles. The normalized spacial score (nSPS) is 11.7. The Balaban J connectivity index is 0.00000441. The van der Waals surface area contributed by atoms with Crippen LogP contribution in [0.15, 0.2) is 10.4 Å². The molecular formula is C16H31IN4S. The summed E-state index contributed by atoms with van der Waals surface area (Å²) in [5, 5.41) is 10.1. The van der Waals surface area contributed by atoms with Crippen LogP contribution in [0, 0.1) is 5.92 Å². The van der Waals surface area contributed by atoms with Crippen molar-refractivity contribution in [1.82, 2.24) is 15.6 Å². The average molecular weight is 438 g/mol. The predicted molar refractivity (Wildman–Crippen MR) is 109 cm³/mol. The van der Waals surface area contributed by atoms with Crippen molar-refractivity contribution < 1.29 is 0 Å². The van der Waals surface area contributed by atoms with E-state index >= 15 is 0 Å².